The Balaban J connectivity index is 3.65. The lowest BCUT2D eigenvalue weighted by Crippen LogP contribution is -2.11. The van der Waals surface area contributed by atoms with Crippen LogP contribution in [0.25, 0.3) is 0 Å². The summed E-state index contributed by atoms with van der Waals surface area (Å²) in [5.74, 6) is 0.111. The van der Waals surface area contributed by atoms with E-state index in [-0.39, 0.29) is 12.4 Å². The Bertz CT molecular complexity index is 164. The molecule has 3 nitrogen and oxygen atoms in total. The van der Waals surface area contributed by atoms with Crippen LogP contribution in [0, 0.1) is 0 Å². The molecule has 0 saturated heterocycles. The summed E-state index contributed by atoms with van der Waals surface area (Å²) >= 11 is 3.06. The number of halogens is 1. The maximum absolute atomic E-state index is 10.7. The predicted octanol–water partition coefficient (Wildman–Crippen LogP) is 1.14. The monoisotopic (exact) mass is 230 g/mol. The number of hydrogen-bond acceptors (Lipinski definition) is 3. The zero-order valence-electron chi connectivity index (χ0n) is 5.84. The van der Waals surface area contributed by atoms with Crippen molar-refractivity contribution in [1.29, 1.82) is 0 Å². The molecule has 0 fully saturated rings. The van der Waals surface area contributed by atoms with Crippen molar-refractivity contribution in [2.45, 2.75) is 13.3 Å². The molecule has 10 heavy (non-hydrogen) atoms. The third kappa shape index (κ3) is 5.20. The first-order chi connectivity index (χ1) is 4.62. The lowest BCUT2D eigenvalue weighted by molar-refractivity contribution is 0.342. The molecule has 0 aromatic rings. The van der Waals surface area contributed by atoms with E-state index >= 15 is 0 Å². The average Bonchev–Trinajstić information content (AvgIpc) is 1.84. The molecule has 0 unspecified atom stereocenters. The maximum Gasteiger partial charge on any atom is 0.267 e. The van der Waals surface area contributed by atoms with Gasteiger partial charge in [0.2, 0.25) is 0 Å². The van der Waals surface area contributed by atoms with Crippen LogP contribution in [0.1, 0.15) is 13.3 Å². The van der Waals surface area contributed by atoms with Crippen LogP contribution in [0.2, 0.25) is 0 Å². The van der Waals surface area contributed by atoms with Gasteiger partial charge in [0.15, 0.2) is 0 Å². The van der Waals surface area contributed by atoms with E-state index in [1.54, 1.807) is 6.92 Å². The molecule has 0 heterocycles. The minimum absolute atomic E-state index is 0.111. The second-order valence-electron chi connectivity index (χ2n) is 1.77. The van der Waals surface area contributed by atoms with Gasteiger partial charge in [0.05, 0.1) is 12.4 Å². The Morgan fingerprint density at radius 1 is 1.50 bits per heavy atom. The van der Waals surface area contributed by atoms with Crippen LogP contribution in [-0.4, -0.2) is 26.1 Å². The van der Waals surface area contributed by atoms with Gasteiger partial charge in [-0.3, -0.25) is 4.18 Å². The Kier molecular flexibility index (Phi) is 5.29. The summed E-state index contributed by atoms with van der Waals surface area (Å²) in [4.78, 5) is 0. The Morgan fingerprint density at radius 3 is 2.50 bits per heavy atom. The summed E-state index contributed by atoms with van der Waals surface area (Å²) in [6, 6.07) is 0. The third-order valence-corrected chi connectivity index (χ3v) is 2.55. The SMILES string of the molecule is CCCS(=O)(=O)OCCBr. The van der Waals surface area contributed by atoms with E-state index in [0.717, 1.165) is 0 Å². The molecule has 0 radical (unpaired) electrons. The first-order valence-electron chi connectivity index (χ1n) is 3.05. The van der Waals surface area contributed by atoms with Crippen LogP contribution in [0.3, 0.4) is 0 Å². The smallest absolute Gasteiger partial charge is 0.267 e. The molecule has 0 aliphatic heterocycles. The fourth-order valence-electron chi connectivity index (χ4n) is 0.467. The van der Waals surface area contributed by atoms with Crippen molar-refractivity contribution in [3.05, 3.63) is 0 Å². The van der Waals surface area contributed by atoms with Crippen molar-refractivity contribution < 1.29 is 12.6 Å². The molecule has 0 bridgehead atoms. The molecule has 5 heteroatoms. The van der Waals surface area contributed by atoms with Crippen LogP contribution in [0.15, 0.2) is 0 Å². The molecular weight excluding hydrogens is 220 g/mol. The maximum atomic E-state index is 10.7. The first kappa shape index (κ1) is 10.4. The predicted molar refractivity (Wildman–Crippen MR) is 43.8 cm³/mol. The van der Waals surface area contributed by atoms with Crippen LogP contribution >= 0.6 is 15.9 Å². The normalized spacial score (nSPS) is 11.8. The van der Waals surface area contributed by atoms with E-state index in [0.29, 0.717) is 11.8 Å². The lowest BCUT2D eigenvalue weighted by atomic mass is 10.6. The highest BCUT2D eigenvalue weighted by molar-refractivity contribution is 9.09. The summed E-state index contributed by atoms with van der Waals surface area (Å²) in [6.45, 7) is 2.03. The van der Waals surface area contributed by atoms with Crippen molar-refractivity contribution >= 4 is 26.0 Å². The molecule has 62 valence electrons. The van der Waals surface area contributed by atoms with E-state index in [1.807, 2.05) is 0 Å². The minimum atomic E-state index is -3.22. The third-order valence-electron chi connectivity index (χ3n) is 0.794. The van der Waals surface area contributed by atoms with Gasteiger partial charge in [-0.1, -0.05) is 22.9 Å². The van der Waals surface area contributed by atoms with Crippen molar-refractivity contribution in [3.63, 3.8) is 0 Å². The molecule has 0 aromatic heterocycles. The molecule has 0 aliphatic rings. The van der Waals surface area contributed by atoms with E-state index in [4.69, 9.17) is 0 Å². The van der Waals surface area contributed by atoms with Crippen LogP contribution in [0.5, 0.6) is 0 Å². The zero-order valence-corrected chi connectivity index (χ0v) is 8.24. The topological polar surface area (TPSA) is 43.4 Å². The number of rotatable bonds is 5. The second kappa shape index (κ2) is 5.09. The van der Waals surface area contributed by atoms with Gasteiger partial charge in [0.1, 0.15) is 0 Å². The van der Waals surface area contributed by atoms with E-state index in [2.05, 4.69) is 20.1 Å². The highest BCUT2D eigenvalue weighted by Crippen LogP contribution is 1.96. The van der Waals surface area contributed by atoms with Gasteiger partial charge < -0.3 is 0 Å². The molecule has 0 spiro atoms. The largest absolute Gasteiger partial charge is 0.269 e. The highest BCUT2D eigenvalue weighted by Gasteiger charge is 2.07. The minimum Gasteiger partial charge on any atom is -0.269 e. The van der Waals surface area contributed by atoms with Crippen LogP contribution in [0.4, 0.5) is 0 Å². The summed E-state index contributed by atoms with van der Waals surface area (Å²) in [7, 11) is -3.22. The molecule has 0 rings (SSSR count). The van der Waals surface area contributed by atoms with Gasteiger partial charge in [-0.25, -0.2) is 0 Å². The quantitative estimate of drug-likeness (QED) is 0.526. The summed E-state index contributed by atoms with van der Waals surface area (Å²) in [5.41, 5.74) is 0. The van der Waals surface area contributed by atoms with Gasteiger partial charge in [-0.15, -0.1) is 0 Å². The molecule has 0 atom stereocenters. The Morgan fingerprint density at radius 2 is 2.10 bits per heavy atom. The van der Waals surface area contributed by atoms with Gasteiger partial charge in [0.25, 0.3) is 10.1 Å². The van der Waals surface area contributed by atoms with Crippen LogP contribution in [-0.2, 0) is 14.3 Å². The second-order valence-corrected chi connectivity index (χ2v) is 4.33. The van der Waals surface area contributed by atoms with Gasteiger partial charge in [-0.05, 0) is 6.42 Å². The van der Waals surface area contributed by atoms with Crippen molar-refractivity contribution in [3.8, 4) is 0 Å². The lowest BCUT2D eigenvalue weighted by Gasteiger charge is -2.00. The molecular formula is C5H11BrO3S. The van der Waals surface area contributed by atoms with E-state index in [1.165, 1.54) is 0 Å². The molecule has 0 N–H and O–H groups in total. The Labute approximate surface area is 70.0 Å². The number of alkyl halides is 1. The Hall–Kier alpha value is 0.390. The van der Waals surface area contributed by atoms with Gasteiger partial charge in [0, 0.05) is 5.33 Å². The molecule has 0 amide bonds. The average molecular weight is 231 g/mol. The van der Waals surface area contributed by atoms with E-state index < -0.39 is 10.1 Å². The summed E-state index contributed by atoms with van der Waals surface area (Å²) < 4.78 is 26.0. The van der Waals surface area contributed by atoms with Crippen molar-refractivity contribution in [1.82, 2.24) is 0 Å². The fourth-order valence-corrected chi connectivity index (χ4v) is 1.80. The summed E-state index contributed by atoms with van der Waals surface area (Å²) in [6.07, 6.45) is 0.602. The molecule has 0 aromatic carbocycles. The molecule has 0 saturated carbocycles. The zero-order chi connectivity index (χ0) is 8.04. The molecule has 0 aliphatic carbocycles. The van der Waals surface area contributed by atoms with Crippen molar-refractivity contribution in [2.75, 3.05) is 17.7 Å². The van der Waals surface area contributed by atoms with Gasteiger partial charge in [-0.2, -0.15) is 8.42 Å². The van der Waals surface area contributed by atoms with Crippen LogP contribution < -0.4 is 0 Å². The number of hydrogen-bond donors (Lipinski definition) is 0. The summed E-state index contributed by atoms with van der Waals surface area (Å²) in [5, 5.41) is 0.552. The van der Waals surface area contributed by atoms with E-state index in [9.17, 15) is 8.42 Å². The first-order valence-corrected chi connectivity index (χ1v) is 5.75. The van der Waals surface area contributed by atoms with Crippen molar-refractivity contribution in [2.24, 2.45) is 0 Å². The van der Waals surface area contributed by atoms with Gasteiger partial charge >= 0.3 is 0 Å². The highest BCUT2D eigenvalue weighted by atomic mass is 79.9. The standard InChI is InChI=1S/C5H11BrO3S/c1-2-5-10(7,8)9-4-3-6/h2-5H2,1H3. The fraction of sp³-hybridized carbons (Fsp3) is 1.00.